The molecule has 2 aromatic carbocycles. The van der Waals surface area contributed by atoms with E-state index in [4.69, 9.17) is 4.74 Å². The third-order valence-corrected chi connectivity index (χ3v) is 6.07. The van der Waals surface area contributed by atoms with E-state index < -0.39 is 17.2 Å². The minimum absolute atomic E-state index is 0.000930. The molecule has 0 bridgehead atoms. The first kappa shape index (κ1) is 21.0. The van der Waals surface area contributed by atoms with Gasteiger partial charge in [-0.25, -0.2) is 13.8 Å². The lowest BCUT2D eigenvalue weighted by Crippen LogP contribution is -2.22. The van der Waals surface area contributed by atoms with Gasteiger partial charge in [0.1, 0.15) is 22.1 Å². The summed E-state index contributed by atoms with van der Waals surface area (Å²) in [5.74, 6) is -1.46. The molecule has 0 aliphatic rings. The van der Waals surface area contributed by atoms with Crippen LogP contribution in [0.25, 0.3) is 15.9 Å². The fraction of sp³-hybridized carbons (Fsp3) is 0.0952. The summed E-state index contributed by atoms with van der Waals surface area (Å²) in [5, 5.41) is 4.60. The summed E-state index contributed by atoms with van der Waals surface area (Å²) in [6, 6.07) is 11.4. The molecule has 2 heterocycles. The molecule has 0 aliphatic carbocycles. The van der Waals surface area contributed by atoms with E-state index in [-0.39, 0.29) is 22.5 Å². The van der Waals surface area contributed by atoms with E-state index in [1.165, 1.54) is 18.4 Å². The average molecular weight is 459 g/mol. The molecule has 0 unspecified atom stereocenters. The molecule has 1 N–H and O–H groups in total. The molecule has 0 atom stereocenters. The second-order valence-corrected chi connectivity index (χ2v) is 8.22. The Kier molecular flexibility index (Phi) is 6.01. The number of nitrogens with zero attached hydrogens (tertiary/aromatic N) is 2. The minimum Gasteiger partial charge on any atom is -0.497 e. The van der Waals surface area contributed by atoms with Crippen molar-refractivity contribution in [2.45, 2.75) is 5.16 Å². The normalized spacial score (nSPS) is 10.9. The first-order chi connectivity index (χ1) is 14.9. The standard InChI is InChI=1S/C21H15F2N3O3S2/c1-29-16-4-2-3-14(10-16)24-18(27)11-31-21-25-17-5-6-30-19(17)20(28)26(21)15-8-12(22)7-13(23)9-15/h2-10H,11H2,1H3,(H,24,27). The van der Waals surface area contributed by atoms with Gasteiger partial charge in [-0.15, -0.1) is 11.3 Å². The third-order valence-electron chi connectivity index (χ3n) is 4.24. The Hall–Kier alpha value is -3.24. The Bertz CT molecular complexity index is 1320. The minimum atomic E-state index is -0.820. The van der Waals surface area contributed by atoms with Gasteiger partial charge < -0.3 is 10.1 Å². The molecule has 2 aromatic heterocycles. The number of fused-ring (bicyclic) bond motifs is 1. The fourth-order valence-electron chi connectivity index (χ4n) is 2.91. The quantitative estimate of drug-likeness (QED) is 0.340. The highest BCUT2D eigenvalue weighted by Gasteiger charge is 2.17. The number of anilines is 1. The number of carbonyl (C=O) groups is 1. The van der Waals surface area contributed by atoms with Crippen LogP contribution < -0.4 is 15.6 Å². The predicted octanol–water partition coefficient (Wildman–Crippen LogP) is 4.46. The number of hydrogen-bond donors (Lipinski definition) is 1. The summed E-state index contributed by atoms with van der Waals surface area (Å²) in [6.07, 6.45) is 0. The van der Waals surface area contributed by atoms with Crippen LogP contribution >= 0.6 is 23.1 Å². The highest BCUT2D eigenvalue weighted by Crippen LogP contribution is 2.25. The van der Waals surface area contributed by atoms with E-state index >= 15 is 0 Å². The fourth-order valence-corrected chi connectivity index (χ4v) is 4.49. The van der Waals surface area contributed by atoms with Gasteiger partial charge in [0.25, 0.3) is 5.56 Å². The van der Waals surface area contributed by atoms with Crippen LogP contribution in [0.1, 0.15) is 0 Å². The van der Waals surface area contributed by atoms with Crippen molar-refractivity contribution in [2.24, 2.45) is 0 Å². The van der Waals surface area contributed by atoms with E-state index in [0.29, 0.717) is 21.7 Å². The van der Waals surface area contributed by atoms with Crippen molar-refractivity contribution >= 4 is 44.9 Å². The molecule has 1 amide bonds. The van der Waals surface area contributed by atoms with Crippen LogP contribution in [0.4, 0.5) is 14.5 Å². The lowest BCUT2D eigenvalue weighted by Gasteiger charge is -2.12. The summed E-state index contributed by atoms with van der Waals surface area (Å²) >= 11 is 2.18. The maximum atomic E-state index is 13.8. The monoisotopic (exact) mass is 459 g/mol. The van der Waals surface area contributed by atoms with Crippen LogP contribution in [-0.4, -0.2) is 28.3 Å². The smallest absolute Gasteiger partial charge is 0.276 e. The summed E-state index contributed by atoms with van der Waals surface area (Å²) in [7, 11) is 1.53. The van der Waals surface area contributed by atoms with Gasteiger partial charge >= 0.3 is 0 Å². The third kappa shape index (κ3) is 4.59. The van der Waals surface area contributed by atoms with Gasteiger partial charge in [0.15, 0.2) is 5.16 Å². The Morgan fingerprint density at radius 2 is 1.97 bits per heavy atom. The molecule has 0 aliphatic heterocycles. The molecule has 0 saturated carbocycles. The molecular formula is C21H15F2N3O3S2. The number of methoxy groups -OCH3 is 1. The van der Waals surface area contributed by atoms with Crippen molar-refractivity contribution in [3.63, 3.8) is 0 Å². The number of hydrogen-bond acceptors (Lipinski definition) is 6. The van der Waals surface area contributed by atoms with E-state index in [0.717, 1.165) is 34.5 Å². The van der Waals surface area contributed by atoms with Gasteiger partial charge in [-0.1, -0.05) is 17.8 Å². The van der Waals surface area contributed by atoms with Crippen molar-refractivity contribution in [3.05, 3.63) is 75.9 Å². The van der Waals surface area contributed by atoms with Crippen LogP contribution in [0, 0.1) is 11.6 Å². The highest BCUT2D eigenvalue weighted by atomic mass is 32.2. The van der Waals surface area contributed by atoms with Crippen LogP contribution in [0.2, 0.25) is 0 Å². The van der Waals surface area contributed by atoms with Gasteiger partial charge in [0.05, 0.1) is 24.1 Å². The number of ether oxygens (including phenoxy) is 1. The Morgan fingerprint density at radius 3 is 2.71 bits per heavy atom. The van der Waals surface area contributed by atoms with Gasteiger partial charge in [-0.2, -0.15) is 0 Å². The summed E-state index contributed by atoms with van der Waals surface area (Å²) in [5.41, 5.74) is 0.552. The topological polar surface area (TPSA) is 73.2 Å². The molecule has 158 valence electrons. The van der Waals surface area contributed by atoms with E-state index in [1.54, 1.807) is 35.7 Å². The van der Waals surface area contributed by atoms with Crippen molar-refractivity contribution in [2.75, 3.05) is 18.2 Å². The van der Waals surface area contributed by atoms with E-state index in [2.05, 4.69) is 10.3 Å². The Labute approximate surface area is 183 Å². The number of benzene rings is 2. The zero-order chi connectivity index (χ0) is 22.0. The Morgan fingerprint density at radius 1 is 1.19 bits per heavy atom. The molecule has 0 spiro atoms. The highest BCUT2D eigenvalue weighted by molar-refractivity contribution is 7.99. The lowest BCUT2D eigenvalue weighted by atomic mass is 10.3. The van der Waals surface area contributed by atoms with E-state index in [1.807, 2.05) is 0 Å². The van der Waals surface area contributed by atoms with Gasteiger partial charge in [0.2, 0.25) is 5.91 Å². The van der Waals surface area contributed by atoms with Crippen molar-refractivity contribution < 1.29 is 18.3 Å². The first-order valence-electron chi connectivity index (χ1n) is 8.98. The molecule has 0 fully saturated rings. The predicted molar refractivity (Wildman–Crippen MR) is 117 cm³/mol. The molecule has 0 radical (unpaired) electrons. The average Bonchev–Trinajstić information content (AvgIpc) is 3.20. The molecule has 10 heteroatoms. The second kappa shape index (κ2) is 8.86. The summed E-state index contributed by atoms with van der Waals surface area (Å²) in [6.45, 7) is 0. The number of amides is 1. The van der Waals surface area contributed by atoms with Gasteiger partial charge in [-0.05, 0) is 35.7 Å². The zero-order valence-electron chi connectivity index (χ0n) is 16.1. The number of thiophene rings is 1. The van der Waals surface area contributed by atoms with Crippen LogP contribution in [0.5, 0.6) is 5.75 Å². The van der Waals surface area contributed by atoms with Gasteiger partial charge in [-0.3, -0.25) is 14.2 Å². The molecule has 31 heavy (non-hydrogen) atoms. The van der Waals surface area contributed by atoms with E-state index in [9.17, 15) is 18.4 Å². The number of thioether (sulfide) groups is 1. The number of nitrogens with one attached hydrogen (secondary N) is 1. The van der Waals surface area contributed by atoms with Gasteiger partial charge in [0, 0.05) is 17.8 Å². The van der Waals surface area contributed by atoms with Crippen molar-refractivity contribution in [1.29, 1.82) is 0 Å². The number of carbonyl (C=O) groups excluding carboxylic acids is 1. The molecule has 6 nitrogen and oxygen atoms in total. The molecule has 0 saturated heterocycles. The van der Waals surface area contributed by atoms with Crippen LogP contribution in [0.3, 0.4) is 0 Å². The molecule has 4 aromatic rings. The largest absolute Gasteiger partial charge is 0.497 e. The lowest BCUT2D eigenvalue weighted by molar-refractivity contribution is -0.113. The maximum absolute atomic E-state index is 13.8. The first-order valence-corrected chi connectivity index (χ1v) is 10.8. The SMILES string of the molecule is COc1cccc(NC(=O)CSc2nc3ccsc3c(=O)n2-c2cc(F)cc(F)c2)c1. The number of halogens is 2. The van der Waals surface area contributed by atoms with Crippen molar-refractivity contribution in [3.8, 4) is 11.4 Å². The summed E-state index contributed by atoms with van der Waals surface area (Å²) < 4.78 is 34.2. The maximum Gasteiger partial charge on any atom is 0.276 e. The number of aromatic nitrogens is 2. The van der Waals surface area contributed by atoms with Crippen molar-refractivity contribution in [1.82, 2.24) is 9.55 Å². The number of rotatable bonds is 6. The van der Waals surface area contributed by atoms with Crippen LogP contribution in [-0.2, 0) is 4.79 Å². The van der Waals surface area contributed by atoms with Crippen LogP contribution in [0.15, 0.2) is 63.9 Å². The second-order valence-electron chi connectivity index (χ2n) is 6.37. The Balaban J connectivity index is 1.65. The molecular weight excluding hydrogens is 444 g/mol. The summed E-state index contributed by atoms with van der Waals surface area (Å²) in [4.78, 5) is 29.9. The zero-order valence-corrected chi connectivity index (χ0v) is 17.7. The molecule has 4 rings (SSSR count).